The number of carbonyl (C=O) groups excluding carboxylic acids is 2. The number of amides is 2. The summed E-state index contributed by atoms with van der Waals surface area (Å²) in [5.74, 6) is 0.114. The van der Waals surface area contributed by atoms with Gasteiger partial charge in [-0.1, -0.05) is 29.8 Å². The Bertz CT molecular complexity index is 692. The summed E-state index contributed by atoms with van der Waals surface area (Å²) in [7, 11) is 0. The van der Waals surface area contributed by atoms with Crippen LogP contribution in [0.1, 0.15) is 28.1 Å². The van der Waals surface area contributed by atoms with Crippen molar-refractivity contribution in [2.45, 2.75) is 19.4 Å². The first kappa shape index (κ1) is 17.0. The van der Waals surface area contributed by atoms with Gasteiger partial charge in [-0.05, 0) is 42.0 Å². The molecule has 24 heavy (non-hydrogen) atoms. The lowest BCUT2D eigenvalue weighted by atomic mass is 9.95. The van der Waals surface area contributed by atoms with Gasteiger partial charge in [-0.2, -0.15) is 0 Å². The molecule has 1 fully saturated rings. The van der Waals surface area contributed by atoms with Crippen molar-refractivity contribution in [3.8, 4) is 0 Å². The second-order valence-corrected chi connectivity index (χ2v) is 7.27. The molecule has 0 saturated carbocycles. The lowest BCUT2D eigenvalue weighted by Gasteiger charge is -2.31. The molecular weight excluding hydrogens is 344 g/mol. The van der Waals surface area contributed by atoms with Crippen molar-refractivity contribution >= 4 is 34.8 Å². The monoisotopic (exact) mass is 362 g/mol. The van der Waals surface area contributed by atoms with E-state index in [0.717, 1.165) is 10.4 Å². The van der Waals surface area contributed by atoms with E-state index in [1.54, 1.807) is 0 Å². The fraction of sp³-hybridized carbons (Fsp3) is 0.333. The van der Waals surface area contributed by atoms with Gasteiger partial charge in [0.25, 0.3) is 5.91 Å². The molecule has 0 unspecified atom stereocenters. The van der Waals surface area contributed by atoms with Gasteiger partial charge in [0.05, 0.1) is 4.88 Å². The molecule has 0 aliphatic carbocycles. The first-order valence-corrected chi connectivity index (χ1v) is 9.24. The Morgan fingerprint density at radius 2 is 1.88 bits per heavy atom. The quantitative estimate of drug-likeness (QED) is 0.903. The van der Waals surface area contributed by atoms with E-state index >= 15 is 0 Å². The molecule has 1 aromatic carbocycles. The summed E-state index contributed by atoms with van der Waals surface area (Å²) in [4.78, 5) is 27.2. The van der Waals surface area contributed by atoms with Crippen molar-refractivity contribution < 1.29 is 9.59 Å². The molecule has 2 aromatic rings. The summed E-state index contributed by atoms with van der Waals surface area (Å²) >= 11 is 7.31. The molecule has 0 atom stereocenters. The molecule has 4 nitrogen and oxygen atoms in total. The van der Waals surface area contributed by atoms with Crippen LogP contribution < -0.4 is 5.32 Å². The predicted molar refractivity (Wildman–Crippen MR) is 96.2 cm³/mol. The number of hydrogen-bond donors (Lipinski definition) is 1. The van der Waals surface area contributed by atoms with Crippen LogP contribution in [-0.4, -0.2) is 29.8 Å². The van der Waals surface area contributed by atoms with E-state index in [9.17, 15) is 9.59 Å². The molecule has 1 aromatic heterocycles. The Labute approximate surface area is 150 Å². The molecule has 2 amide bonds. The van der Waals surface area contributed by atoms with Crippen LogP contribution in [0, 0.1) is 5.92 Å². The molecule has 0 bridgehead atoms. The third-order valence-electron chi connectivity index (χ3n) is 4.26. The third kappa shape index (κ3) is 4.16. The highest BCUT2D eigenvalue weighted by Crippen LogP contribution is 2.21. The Hall–Kier alpha value is -1.85. The smallest absolute Gasteiger partial charge is 0.263 e. The van der Waals surface area contributed by atoms with Gasteiger partial charge in [0.1, 0.15) is 0 Å². The number of rotatable bonds is 4. The number of thiophene rings is 1. The largest absolute Gasteiger partial charge is 0.352 e. The number of nitrogens with zero attached hydrogens (tertiary/aromatic N) is 1. The Balaban J connectivity index is 1.46. The van der Waals surface area contributed by atoms with Crippen LogP contribution in [0.15, 0.2) is 41.8 Å². The van der Waals surface area contributed by atoms with Crippen LogP contribution in [0.4, 0.5) is 0 Å². The standard InChI is InChI=1S/C18H19ClN2O2S/c19-15-5-3-13(4-6-15)12-20-17(22)14-7-9-21(10-8-14)18(23)16-2-1-11-24-16/h1-6,11,14H,7-10,12H2,(H,20,22). The summed E-state index contributed by atoms with van der Waals surface area (Å²) in [6, 6.07) is 11.2. The average molecular weight is 363 g/mol. The fourth-order valence-corrected chi connectivity index (χ4v) is 3.65. The molecule has 2 heterocycles. The summed E-state index contributed by atoms with van der Waals surface area (Å²) in [5, 5.41) is 5.57. The second-order valence-electron chi connectivity index (χ2n) is 5.89. The fourth-order valence-electron chi connectivity index (χ4n) is 2.84. The maximum absolute atomic E-state index is 12.3. The van der Waals surface area contributed by atoms with E-state index in [4.69, 9.17) is 11.6 Å². The molecule has 1 N–H and O–H groups in total. The Morgan fingerprint density at radius 1 is 1.17 bits per heavy atom. The van der Waals surface area contributed by atoms with Gasteiger partial charge >= 0.3 is 0 Å². The number of carbonyl (C=O) groups is 2. The summed E-state index contributed by atoms with van der Waals surface area (Å²) in [6.45, 7) is 1.77. The minimum absolute atomic E-state index is 0.0234. The van der Waals surface area contributed by atoms with Gasteiger partial charge < -0.3 is 10.2 Å². The van der Waals surface area contributed by atoms with E-state index in [0.29, 0.717) is 37.5 Å². The number of likely N-dealkylation sites (tertiary alicyclic amines) is 1. The van der Waals surface area contributed by atoms with E-state index in [-0.39, 0.29) is 17.7 Å². The van der Waals surface area contributed by atoms with Crippen LogP contribution >= 0.6 is 22.9 Å². The van der Waals surface area contributed by atoms with Gasteiger partial charge in [-0.25, -0.2) is 0 Å². The van der Waals surface area contributed by atoms with E-state index in [1.165, 1.54) is 11.3 Å². The maximum atomic E-state index is 12.3. The highest BCUT2D eigenvalue weighted by Gasteiger charge is 2.27. The average Bonchev–Trinajstić information content (AvgIpc) is 3.15. The lowest BCUT2D eigenvalue weighted by molar-refractivity contribution is -0.126. The maximum Gasteiger partial charge on any atom is 0.263 e. The van der Waals surface area contributed by atoms with Crippen LogP contribution in [0.25, 0.3) is 0 Å². The number of benzene rings is 1. The molecule has 0 spiro atoms. The molecular formula is C18H19ClN2O2S. The number of nitrogens with one attached hydrogen (secondary N) is 1. The molecule has 126 valence electrons. The lowest BCUT2D eigenvalue weighted by Crippen LogP contribution is -2.42. The van der Waals surface area contributed by atoms with Crippen molar-refractivity contribution in [3.63, 3.8) is 0 Å². The molecule has 1 aliphatic heterocycles. The van der Waals surface area contributed by atoms with Gasteiger partial charge in [0.15, 0.2) is 0 Å². The highest BCUT2D eigenvalue weighted by molar-refractivity contribution is 7.12. The third-order valence-corrected chi connectivity index (χ3v) is 5.37. The highest BCUT2D eigenvalue weighted by atomic mass is 35.5. The predicted octanol–water partition coefficient (Wildman–Crippen LogP) is 3.57. The molecule has 1 saturated heterocycles. The summed E-state index contributed by atoms with van der Waals surface area (Å²) in [6.07, 6.45) is 1.42. The van der Waals surface area contributed by atoms with Gasteiger partial charge in [0, 0.05) is 30.6 Å². The van der Waals surface area contributed by atoms with Crippen molar-refractivity contribution in [2.75, 3.05) is 13.1 Å². The Kier molecular flexibility index (Phi) is 5.53. The van der Waals surface area contributed by atoms with E-state index in [2.05, 4.69) is 5.32 Å². The first-order chi connectivity index (χ1) is 11.6. The molecule has 6 heteroatoms. The number of piperidine rings is 1. The summed E-state index contributed by atoms with van der Waals surface area (Å²) < 4.78 is 0. The Morgan fingerprint density at radius 3 is 2.50 bits per heavy atom. The van der Waals surface area contributed by atoms with Gasteiger partial charge in [-0.15, -0.1) is 11.3 Å². The molecule has 3 rings (SSSR count). The van der Waals surface area contributed by atoms with Crippen molar-refractivity contribution in [3.05, 3.63) is 57.2 Å². The van der Waals surface area contributed by atoms with Gasteiger partial charge in [-0.3, -0.25) is 9.59 Å². The van der Waals surface area contributed by atoms with Crippen molar-refractivity contribution in [1.29, 1.82) is 0 Å². The topological polar surface area (TPSA) is 49.4 Å². The zero-order chi connectivity index (χ0) is 16.9. The van der Waals surface area contributed by atoms with Crippen molar-refractivity contribution in [2.24, 2.45) is 5.92 Å². The summed E-state index contributed by atoms with van der Waals surface area (Å²) in [5.41, 5.74) is 1.03. The van der Waals surface area contributed by atoms with Crippen LogP contribution in [0.2, 0.25) is 5.02 Å². The molecule has 1 aliphatic rings. The van der Waals surface area contributed by atoms with Crippen LogP contribution in [-0.2, 0) is 11.3 Å². The second kappa shape index (κ2) is 7.81. The van der Waals surface area contributed by atoms with Crippen LogP contribution in [0.5, 0.6) is 0 Å². The molecule has 0 radical (unpaired) electrons. The zero-order valence-electron chi connectivity index (χ0n) is 13.2. The van der Waals surface area contributed by atoms with E-state index < -0.39 is 0 Å². The van der Waals surface area contributed by atoms with E-state index in [1.807, 2.05) is 46.7 Å². The number of hydrogen-bond acceptors (Lipinski definition) is 3. The minimum atomic E-state index is -0.0234. The SMILES string of the molecule is O=C(NCc1ccc(Cl)cc1)C1CCN(C(=O)c2cccs2)CC1. The van der Waals surface area contributed by atoms with Crippen molar-refractivity contribution in [1.82, 2.24) is 10.2 Å². The normalized spacial score (nSPS) is 15.3. The first-order valence-electron chi connectivity index (χ1n) is 7.98. The zero-order valence-corrected chi connectivity index (χ0v) is 14.8. The van der Waals surface area contributed by atoms with Gasteiger partial charge in [0.2, 0.25) is 5.91 Å². The minimum Gasteiger partial charge on any atom is -0.352 e. The van der Waals surface area contributed by atoms with Crippen LogP contribution in [0.3, 0.4) is 0 Å². The number of halogens is 1.